The molecule has 0 aromatic rings. The average Bonchev–Trinajstić information content (AvgIpc) is 3.23. The van der Waals surface area contributed by atoms with E-state index in [-0.39, 0.29) is 11.9 Å². The lowest BCUT2D eigenvalue weighted by Gasteiger charge is -2.29. The van der Waals surface area contributed by atoms with E-state index in [0.29, 0.717) is 50.0 Å². The molecule has 1 heterocycles. The molecule has 1 aliphatic rings. The summed E-state index contributed by atoms with van der Waals surface area (Å²) >= 11 is 0. The molecule has 1 aliphatic heterocycles. The molecule has 0 spiro atoms. The Labute approximate surface area is 362 Å². The summed E-state index contributed by atoms with van der Waals surface area (Å²) in [6, 6.07) is 1.11. The van der Waals surface area contributed by atoms with Crippen molar-refractivity contribution >= 4 is 11.9 Å². The van der Waals surface area contributed by atoms with Crippen molar-refractivity contribution in [3.8, 4) is 0 Å². The summed E-state index contributed by atoms with van der Waals surface area (Å²) in [5, 5.41) is 4.00. The standard InChI is InChI=1S/C52H101NO5/c1-5-9-13-17-25-33-47(34-26-18-14-10-6-2)45-57-51(54)39-31-23-21-29-37-49(53-50-41-43-56-44-42-50)38-30-22-24-32-40-52(55)58-46-48(35-27-19-15-11-7-3)36-28-20-16-12-8-4/h47-50,53H,5-46H2,1-4H3. The number of hydrogen-bond donors (Lipinski definition) is 1. The van der Waals surface area contributed by atoms with Crippen LogP contribution in [-0.4, -0.2) is 50.4 Å². The van der Waals surface area contributed by atoms with E-state index in [2.05, 4.69) is 33.0 Å². The predicted molar refractivity (Wildman–Crippen MR) is 249 cm³/mol. The first kappa shape index (κ1) is 54.9. The number of esters is 2. The van der Waals surface area contributed by atoms with E-state index in [1.54, 1.807) is 0 Å². The molecule has 0 aromatic carbocycles. The van der Waals surface area contributed by atoms with Crippen LogP contribution < -0.4 is 5.32 Å². The van der Waals surface area contributed by atoms with Crippen LogP contribution >= 0.6 is 0 Å². The first-order valence-corrected chi connectivity index (χ1v) is 26.2. The van der Waals surface area contributed by atoms with Crippen LogP contribution in [0.1, 0.15) is 272 Å². The quantitative estimate of drug-likeness (QED) is 0.0487. The van der Waals surface area contributed by atoms with Crippen LogP contribution in [0.4, 0.5) is 0 Å². The second kappa shape index (κ2) is 42.5. The van der Waals surface area contributed by atoms with Gasteiger partial charge in [0.2, 0.25) is 0 Å². The zero-order chi connectivity index (χ0) is 42.0. The van der Waals surface area contributed by atoms with E-state index in [1.807, 2.05) is 0 Å². The fraction of sp³-hybridized carbons (Fsp3) is 0.962. The van der Waals surface area contributed by atoms with Crippen molar-refractivity contribution in [1.29, 1.82) is 0 Å². The van der Waals surface area contributed by atoms with Crippen LogP contribution in [0, 0.1) is 11.8 Å². The number of rotatable bonds is 44. The van der Waals surface area contributed by atoms with Crippen molar-refractivity contribution in [2.24, 2.45) is 11.8 Å². The van der Waals surface area contributed by atoms with E-state index in [1.165, 1.54) is 193 Å². The molecule has 1 rings (SSSR count). The first-order valence-electron chi connectivity index (χ1n) is 26.2. The van der Waals surface area contributed by atoms with Crippen LogP contribution in [0.25, 0.3) is 0 Å². The number of carbonyl (C=O) groups excluding carboxylic acids is 2. The number of unbranched alkanes of at least 4 members (excludes halogenated alkanes) is 22. The molecule has 0 unspecified atom stereocenters. The first-order chi connectivity index (χ1) is 28.5. The molecule has 6 nitrogen and oxygen atoms in total. The highest BCUT2D eigenvalue weighted by Crippen LogP contribution is 2.22. The second-order valence-corrected chi connectivity index (χ2v) is 18.6. The van der Waals surface area contributed by atoms with Gasteiger partial charge in [0.1, 0.15) is 0 Å². The maximum Gasteiger partial charge on any atom is 0.305 e. The molecule has 0 saturated carbocycles. The molecule has 1 N–H and O–H groups in total. The van der Waals surface area contributed by atoms with Gasteiger partial charge in [-0.1, -0.05) is 195 Å². The smallest absolute Gasteiger partial charge is 0.305 e. The van der Waals surface area contributed by atoms with Crippen LogP contribution in [0.3, 0.4) is 0 Å². The predicted octanol–water partition coefficient (Wildman–Crippen LogP) is 15.6. The number of ether oxygens (including phenoxy) is 3. The third-order valence-corrected chi connectivity index (χ3v) is 12.9. The van der Waals surface area contributed by atoms with Crippen molar-refractivity contribution in [1.82, 2.24) is 5.32 Å². The van der Waals surface area contributed by atoms with Crippen LogP contribution in [0.5, 0.6) is 0 Å². The van der Waals surface area contributed by atoms with Gasteiger partial charge in [-0.15, -0.1) is 0 Å². The molecular weight excluding hydrogens is 719 g/mol. The van der Waals surface area contributed by atoms with Crippen molar-refractivity contribution < 1.29 is 23.8 Å². The van der Waals surface area contributed by atoms with Crippen molar-refractivity contribution in [3.05, 3.63) is 0 Å². The van der Waals surface area contributed by atoms with Gasteiger partial charge in [0.05, 0.1) is 13.2 Å². The molecule has 6 heteroatoms. The molecule has 0 atom stereocenters. The maximum absolute atomic E-state index is 12.7. The summed E-state index contributed by atoms with van der Waals surface area (Å²) in [7, 11) is 0. The molecule has 0 radical (unpaired) electrons. The highest BCUT2D eigenvalue weighted by atomic mass is 16.5. The minimum Gasteiger partial charge on any atom is -0.465 e. The Bertz CT molecular complexity index is 788. The van der Waals surface area contributed by atoms with E-state index in [4.69, 9.17) is 14.2 Å². The fourth-order valence-electron chi connectivity index (χ4n) is 8.87. The SMILES string of the molecule is CCCCCCCC(CCCCCCC)COC(=O)CCCCCCC(CCCCCCC(=O)OCC(CCCCCCC)CCCCCCC)NC1CCOCC1. The average molecular weight is 820 g/mol. The van der Waals surface area contributed by atoms with Gasteiger partial charge in [-0.05, 0) is 76.0 Å². The zero-order valence-corrected chi connectivity index (χ0v) is 39.5. The molecule has 58 heavy (non-hydrogen) atoms. The topological polar surface area (TPSA) is 73.9 Å². The Balaban J connectivity index is 2.33. The van der Waals surface area contributed by atoms with Gasteiger partial charge < -0.3 is 19.5 Å². The highest BCUT2D eigenvalue weighted by molar-refractivity contribution is 5.69. The van der Waals surface area contributed by atoms with Crippen LogP contribution in [0.15, 0.2) is 0 Å². The van der Waals surface area contributed by atoms with Gasteiger partial charge in [-0.3, -0.25) is 9.59 Å². The lowest BCUT2D eigenvalue weighted by molar-refractivity contribution is -0.146. The van der Waals surface area contributed by atoms with Crippen molar-refractivity contribution in [2.75, 3.05) is 26.4 Å². The Morgan fingerprint density at radius 2 is 0.759 bits per heavy atom. The van der Waals surface area contributed by atoms with E-state index < -0.39 is 0 Å². The number of nitrogens with one attached hydrogen (secondary N) is 1. The normalized spacial score (nSPS) is 13.6. The molecule has 0 amide bonds. The molecule has 0 aliphatic carbocycles. The van der Waals surface area contributed by atoms with Gasteiger partial charge in [0.25, 0.3) is 0 Å². The lowest BCUT2D eigenvalue weighted by atomic mass is 9.95. The second-order valence-electron chi connectivity index (χ2n) is 18.6. The summed E-state index contributed by atoms with van der Waals surface area (Å²) < 4.78 is 17.3. The number of hydrogen-bond acceptors (Lipinski definition) is 6. The summed E-state index contributed by atoms with van der Waals surface area (Å²) in [5.41, 5.74) is 0. The van der Waals surface area contributed by atoms with Gasteiger partial charge in [-0.2, -0.15) is 0 Å². The molecule has 344 valence electrons. The Hall–Kier alpha value is -1.14. The Kier molecular flexibility index (Phi) is 40.3. The zero-order valence-electron chi connectivity index (χ0n) is 39.5. The minimum absolute atomic E-state index is 0.0137. The molecule has 0 aromatic heterocycles. The highest BCUT2D eigenvalue weighted by Gasteiger charge is 2.19. The third-order valence-electron chi connectivity index (χ3n) is 12.9. The van der Waals surface area contributed by atoms with E-state index in [9.17, 15) is 9.59 Å². The molecule has 0 bridgehead atoms. The van der Waals surface area contributed by atoms with Crippen LogP contribution in [0.2, 0.25) is 0 Å². The van der Waals surface area contributed by atoms with E-state index in [0.717, 1.165) is 51.7 Å². The Morgan fingerprint density at radius 1 is 0.448 bits per heavy atom. The van der Waals surface area contributed by atoms with Gasteiger partial charge in [0.15, 0.2) is 0 Å². The lowest BCUT2D eigenvalue weighted by Crippen LogP contribution is -2.41. The fourth-order valence-corrected chi connectivity index (χ4v) is 8.87. The van der Waals surface area contributed by atoms with Gasteiger partial charge in [0, 0.05) is 38.1 Å². The van der Waals surface area contributed by atoms with E-state index >= 15 is 0 Å². The number of carbonyl (C=O) groups is 2. The third kappa shape index (κ3) is 35.6. The Morgan fingerprint density at radius 3 is 1.10 bits per heavy atom. The van der Waals surface area contributed by atoms with Crippen molar-refractivity contribution in [2.45, 2.75) is 284 Å². The monoisotopic (exact) mass is 820 g/mol. The van der Waals surface area contributed by atoms with Gasteiger partial charge >= 0.3 is 11.9 Å². The summed E-state index contributed by atoms with van der Waals surface area (Å²) in [5.74, 6) is 1.10. The molecule has 1 fully saturated rings. The minimum atomic E-state index is 0.0137. The van der Waals surface area contributed by atoms with Gasteiger partial charge in [-0.25, -0.2) is 0 Å². The summed E-state index contributed by atoms with van der Waals surface area (Å²) in [6.45, 7) is 12.1. The van der Waals surface area contributed by atoms with Crippen LogP contribution in [-0.2, 0) is 23.8 Å². The maximum atomic E-state index is 12.7. The molecule has 1 saturated heterocycles. The largest absolute Gasteiger partial charge is 0.465 e. The van der Waals surface area contributed by atoms with Crippen molar-refractivity contribution in [3.63, 3.8) is 0 Å². The summed E-state index contributed by atoms with van der Waals surface area (Å²) in [6.07, 6.45) is 45.7. The molecular formula is C52H101NO5. The summed E-state index contributed by atoms with van der Waals surface area (Å²) in [4.78, 5) is 25.4.